The van der Waals surface area contributed by atoms with Crippen LogP contribution in [0.1, 0.15) is 5.56 Å². The third-order valence-electron chi connectivity index (χ3n) is 3.20. The van der Waals surface area contributed by atoms with E-state index >= 15 is 0 Å². The van der Waals surface area contributed by atoms with E-state index < -0.39 is 6.10 Å². The van der Waals surface area contributed by atoms with Gasteiger partial charge in [-0.1, -0.05) is 18.2 Å². The van der Waals surface area contributed by atoms with E-state index in [1.54, 1.807) is 18.2 Å². The highest BCUT2D eigenvalue weighted by atomic mass is 79.9. The number of para-hydroxylation sites is 1. The van der Waals surface area contributed by atoms with E-state index in [-0.39, 0.29) is 5.91 Å². The van der Waals surface area contributed by atoms with Gasteiger partial charge in [0.1, 0.15) is 5.75 Å². The van der Waals surface area contributed by atoms with Gasteiger partial charge in [-0.15, -0.1) is 0 Å². The topological polar surface area (TPSA) is 64.3 Å². The molecule has 1 aliphatic heterocycles. The molecule has 1 unspecified atom stereocenters. The van der Waals surface area contributed by atoms with Crippen LogP contribution in [0.5, 0.6) is 5.75 Å². The lowest BCUT2D eigenvalue weighted by Crippen LogP contribution is -2.31. The van der Waals surface area contributed by atoms with Crippen LogP contribution in [-0.4, -0.2) is 12.0 Å². The maximum absolute atomic E-state index is 12.2. The zero-order valence-electron chi connectivity index (χ0n) is 10.6. The number of carbonyl (C=O) groups excluding carboxylic acids is 1. The largest absolute Gasteiger partial charge is 0.480 e. The summed E-state index contributed by atoms with van der Waals surface area (Å²) in [7, 11) is 0. The Hall–Kier alpha value is -2.01. The molecular weight excluding hydrogens is 320 g/mol. The van der Waals surface area contributed by atoms with Crippen molar-refractivity contribution < 1.29 is 9.53 Å². The SMILES string of the molecule is Nc1cc(NC(=O)C2Cc3ccccc3O2)ccc1Br. The van der Waals surface area contributed by atoms with Crippen LogP contribution >= 0.6 is 15.9 Å². The van der Waals surface area contributed by atoms with Gasteiger partial charge < -0.3 is 15.8 Å². The zero-order chi connectivity index (χ0) is 14.1. The Kier molecular flexibility index (Phi) is 3.36. The summed E-state index contributed by atoms with van der Waals surface area (Å²) < 4.78 is 6.45. The Morgan fingerprint density at radius 3 is 2.85 bits per heavy atom. The molecule has 0 aliphatic carbocycles. The van der Waals surface area contributed by atoms with E-state index in [1.165, 1.54) is 0 Å². The molecule has 102 valence electrons. The third-order valence-corrected chi connectivity index (χ3v) is 3.93. The highest BCUT2D eigenvalue weighted by Gasteiger charge is 2.28. The maximum Gasteiger partial charge on any atom is 0.265 e. The summed E-state index contributed by atoms with van der Waals surface area (Å²) in [5, 5.41) is 2.82. The average molecular weight is 333 g/mol. The minimum absolute atomic E-state index is 0.164. The Morgan fingerprint density at radius 1 is 1.30 bits per heavy atom. The molecule has 1 aliphatic rings. The molecular formula is C15H13BrN2O2. The van der Waals surface area contributed by atoms with Crippen LogP contribution in [0.2, 0.25) is 0 Å². The van der Waals surface area contributed by atoms with Crippen LogP contribution in [0.3, 0.4) is 0 Å². The summed E-state index contributed by atoms with van der Waals surface area (Å²) >= 11 is 3.32. The minimum Gasteiger partial charge on any atom is -0.480 e. The summed E-state index contributed by atoms with van der Waals surface area (Å²) in [6.45, 7) is 0. The number of nitrogens with one attached hydrogen (secondary N) is 1. The van der Waals surface area contributed by atoms with Gasteiger partial charge in [0.05, 0.1) is 0 Å². The van der Waals surface area contributed by atoms with Crippen LogP contribution < -0.4 is 15.8 Å². The highest BCUT2D eigenvalue weighted by Crippen LogP contribution is 2.29. The van der Waals surface area contributed by atoms with Crippen molar-refractivity contribution in [3.63, 3.8) is 0 Å². The lowest BCUT2D eigenvalue weighted by molar-refractivity contribution is -0.122. The van der Waals surface area contributed by atoms with Crippen molar-refractivity contribution in [2.75, 3.05) is 11.1 Å². The van der Waals surface area contributed by atoms with Gasteiger partial charge in [0, 0.05) is 22.3 Å². The van der Waals surface area contributed by atoms with Gasteiger partial charge in [-0.2, -0.15) is 0 Å². The van der Waals surface area contributed by atoms with E-state index in [2.05, 4.69) is 21.2 Å². The number of ether oxygens (including phenoxy) is 1. The van der Waals surface area contributed by atoms with Crippen molar-refractivity contribution in [2.45, 2.75) is 12.5 Å². The number of rotatable bonds is 2. The fraction of sp³-hybridized carbons (Fsp3) is 0.133. The van der Waals surface area contributed by atoms with Gasteiger partial charge in [0.2, 0.25) is 0 Å². The molecule has 0 saturated carbocycles. The lowest BCUT2D eigenvalue weighted by Gasteiger charge is -2.12. The number of hydrogen-bond donors (Lipinski definition) is 2. The average Bonchev–Trinajstić information content (AvgIpc) is 2.87. The molecule has 0 saturated heterocycles. The molecule has 20 heavy (non-hydrogen) atoms. The summed E-state index contributed by atoms with van der Waals surface area (Å²) in [5.41, 5.74) is 8.09. The third kappa shape index (κ3) is 2.49. The molecule has 0 spiro atoms. The number of anilines is 2. The summed E-state index contributed by atoms with van der Waals surface area (Å²) in [6, 6.07) is 13.0. The molecule has 0 fully saturated rings. The molecule has 1 amide bonds. The second kappa shape index (κ2) is 5.17. The lowest BCUT2D eigenvalue weighted by atomic mass is 10.1. The first-order valence-electron chi connectivity index (χ1n) is 6.24. The Balaban J connectivity index is 1.71. The predicted octanol–water partition coefficient (Wildman–Crippen LogP) is 2.97. The van der Waals surface area contributed by atoms with Crippen molar-refractivity contribution in [1.29, 1.82) is 0 Å². The van der Waals surface area contributed by atoms with Gasteiger partial charge in [-0.25, -0.2) is 0 Å². The molecule has 0 radical (unpaired) electrons. The number of carbonyl (C=O) groups is 1. The van der Waals surface area contributed by atoms with E-state index in [4.69, 9.17) is 10.5 Å². The van der Waals surface area contributed by atoms with E-state index in [0.29, 0.717) is 17.8 Å². The Labute approximate surface area is 125 Å². The monoisotopic (exact) mass is 332 g/mol. The molecule has 5 heteroatoms. The van der Waals surface area contributed by atoms with Gasteiger partial charge in [-0.05, 0) is 45.8 Å². The number of nitrogen functional groups attached to an aromatic ring is 1. The standard InChI is InChI=1S/C15H13BrN2O2/c16-11-6-5-10(8-12(11)17)18-15(19)14-7-9-3-1-2-4-13(9)20-14/h1-6,8,14H,7,17H2,(H,18,19). The predicted molar refractivity (Wildman–Crippen MR) is 81.7 cm³/mol. The number of nitrogens with two attached hydrogens (primary N) is 1. The minimum atomic E-state index is -0.489. The highest BCUT2D eigenvalue weighted by molar-refractivity contribution is 9.10. The van der Waals surface area contributed by atoms with Crippen molar-refractivity contribution >= 4 is 33.2 Å². The number of amides is 1. The smallest absolute Gasteiger partial charge is 0.265 e. The Morgan fingerprint density at radius 2 is 2.10 bits per heavy atom. The van der Waals surface area contributed by atoms with Crippen LogP contribution in [-0.2, 0) is 11.2 Å². The van der Waals surface area contributed by atoms with Gasteiger partial charge in [0.25, 0.3) is 5.91 Å². The summed E-state index contributed by atoms with van der Waals surface area (Å²) in [6.07, 6.45) is 0.103. The maximum atomic E-state index is 12.2. The molecule has 2 aromatic carbocycles. The number of benzene rings is 2. The van der Waals surface area contributed by atoms with E-state index in [9.17, 15) is 4.79 Å². The summed E-state index contributed by atoms with van der Waals surface area (Å²) in [5.74, 6) is 0.617. The van der Waals surface area contributed by atoms with Crippen molar-refractivity contribution in [2.24, 2.45) is 0 Å². The molecule has 3 rings (SSSR count). The molecule has 3 N–H and O–H groups in total. The fourth-order valence-corrected chi connectivity index (χ4v) is 2.42. The van der Waals surface area contributed by atoms with Crippen LogP contribution in [0.25, 0.3) is 0 Å². The van der Waals surface area contributed by atoms with E-state index in [0.717, 1.165) is 15.8 Å². The van der Waals surface area contributed by atoms with Crippen LogP contribution in [0.4, 0.5) is 11.4 Å². The second-order valence-corrected chi connectivity index (χ2v) is 5.50. The van der Waals surface area contributed by atoms with Gasteiger partial charge in [0.15, 0.2) is 6.10 Å². The molecule has 1 heterocycles. The normalized spacial score (nSPS) is 16.4. The van der Waals surface area contributed by atoms with Crippen LogP contribution in [0.15, 0.2) is 46.9 Å². The van der Waals surface area contributed by atoms with Crippen molar-refractivity contribution in [1.82, 2.24) is 0 Å². The molecule has 2 aromatic rings. The molecule has 0 bridgehead atoms. The van der Waals surface area contributed by atoms with E-state index in [1.807, 2.05) is 24.3 Å². The second-order valence-electron chi connectivity index (χ2n) is 4.64. The van der Waals surface area contributed by atoms with Gasteiger partial charge >= 0.3 is 0 Å². The quantitative estimate of drug-likeness (QED) is 0.831. The fourth-order valence-electron chi connectivity index (χ4n) is 2.17. The molecule has 0 aromatic heterocycles. The first kappa shape index (κ1) is 13.0. The van der Waals surface area contributed by atoms with Crippen molar-refractivity contribution in [3.05, 3.63) is 52.5 Å². The number of halogens is 1. The van der Waals surface area contributed by atoms with Gasteiger partial charge in [-0.3, -0.25) is 4.79 Å². The summed E-state index contributed by atoms with van der Waals surface area (Å²) in [4.78, 5) is 12.2. The molecule has 1 atom stereocenters. The zero-order valence-corrected chi connectivity index (χ0v) is 12.2. The number of fused-ring (bicyclic) bond motifs is 1. The van der Waals surface area contributed by atoms with Crippen molar-refractivity contribution in [3.8, 4) is 5.75 Å². The molecule has 4 nitrogen and oxygen atoms in total. The van der Waals surface area contributed by atoms with Crippen LogP contribution in [0, 0.1) is 0 Å². The number of hydrogen-bond acceptors (Lipinski definition) is 3. The first-order valence-corrected chi connectivity index (χ1v) is 7.03. The first-order chi connectivity index (χ1) is 9.63. The Bertz CT molecular complexity index is 648.